The Balaban J connectivity index is 1.82. The van der Waals surface area contributed by atoms with Gasteiger partial charge in [0.25, 0.3) is 10.0 Å². The van der Waals surface area contributed by atoms with Crippen LogP contribution in [0.15, 0.2) is 83.8 Å². The predicted molar refractivity (Wildman–Crippen MR) is 111 cm³/mol. The quantitative estimate of drug-likeness (QED) is 0.614. The van der Waals surface area contributed by atoms with Gasteiger partial charge in [0.1, 0.15) is 4.90 Å². The number of para-hydroxylation sites is 1. The average molecular weight is 406 g/mol. The lowest BCUT2D eigenvalue weighted by atomic mass is 10.1. The van der Waals surface area contributed by atoms with Crippen LogP contribution in [0.4, 0.5) is 16.2 Å². The van der Waals surface area contributed by atoms with E-state index in [1.165, 1.54) is 17.0 Å². The molecular weight excluding hydrogens is 388 g/mol. The maximum absolute atomic E-state index is 13.3. The predicted octanol–water partition coefficient (Wildman–Crippen LogP) is 4.01. The molecule has 6 nitrogen and oxygen atoms in total. The second kappa shape index (κ2) is 7.18. The summed E-state index contributed by atoms with van der Waals surface area (Å²) >= 11 is 0. The third-order valence-corrected chi connectivity index (χ3v) is 6.49. The summed E-state index contributed by atoms with van der Waals surface area (Å²) in [6.45, 7) is 1.61. The number of nitrogens with zero attached hydrogens (tertiary/aromatic N) is 2. The highest BCUT2D eigenvalue weighted by Gasteiger charge is 2.42. The number of Topliss-reactive ketones (excluding diaryl/α,β-unsaturated/α-hetero) is 1. The maximum atomic E-state index is 13.3. The van der Waals surface area contributed by atoms with Gasteiger partial charge in [-0.25, -0.2) is 13.2 Å². The van der Waals surface area contributed by atoms with Gasteiger partial charge >= 0.3 is 6.03 Å². The van der Waals surface area contributed by atoms with E-state index in [2.05, 4.69) is 0 Å². The Hall–Kier alpha value is -3.45. The molecule has 0 unspecified atom stereocenters. The molecule has 0 atom stereocenters. The SMILES string of the molecule is Cc1ccc(N2C(=O)N(CC(=O)c3ccccc3)c3ccccc3S2(=O)=O)cc1. The summed E-state index contributed by atoms with van der Waals surface area (Å²) in [5, 5.41) is 0. The van der Waals surface area contributed by atoms with Crippen molar-refractivity contribution < 1.29 is 18.0 Å². The summed E-state index contributed by atoms with van der Waals surface area (Å²) < 4.78 is 27.1. The number of sulfonamides is 1. The number of urea groups is 1. The van der Waals surface area contributed by atoms with Crippen molar-refractivity contribution in [2.75, 3.05) is 15.7 Å². The molecule has 146 valence electrons. The number of ketones is 1. The number of anilines is 2. The van der Waals surface area contributed by atoms with Gasteiger partial charge in [-0.1, -0.05) is 60.2 Å². The molecule has 0 spiro atoms. The molecule has 0 N–H and O–H groups in total. The number of benzene rings is 3. The molecule has 1 heterocycles. The van der Waals surface area contributed by atoms with Crippen molar-refractivity contribution in [2.45, 2.75) is 11.8 Å². The smallest absolute Gasteiger partial charge is 0.292 e. The summed E-state index contributed by atoms with van der Waals surface area (Å²) in [6.07, 6.45) is 0. The number of carbonyl (C=O) groups is 2. The van der Waals surface area contributed by atoms with E-state index < -0.39 is 16.1 Å². The molecule has 0 fully saturated rings. The van der Waals surface area contributed by atoms with Crippen LogP contribution in [0.2, 0.25) is 0 Å². The van der Waals surface area contributed by atoms with E-state index in [-0.39, 0.29) is 28.6 Å². The average Bonchev–Trinajstić information content (AvgIpc) is 2.73. The van der Waals surface area contributed by atoms with Crippen LogP contribution in [0.5, 0.6) is 0 Å². The van der Waals surface area contributed by atoms with Gasteiger partial charge in [0.05, 0.1) is 17.9 Å². The number of fused-ring (bicyclic) bond motifs is 1. The van der Waals surface area contributed by atoms with Gasteiger partial charge in [-0.05, 0) is 31.2 Å². The number of hydrogen-bond acceptors (Lipinski definition) is 4. The van der Waals surface area contributed by atoms with Crippen LogP contribution in [-0.2, 0) is 10.0 Å². The highest BCUT2D eigenvalue weighted by Crippen LogP contribution is 2.37. The normalized spacial score (nSPS) is 15.1. The molecule has 3 aromatic carbocycles. The van der Waals surface area contributed by atoms with Crippen molar-refractivity contribution in [3.05, 3.63) is 90.0 Å². The third-order valence-electron chi connectivity index (χ3n) is 4.74. The topological polar surface area (TPSA) is 74.8 Å². The number of hydrogen-bond donors (Lipinski definition) is 0. The van der Waals surface area contributed by atoms with Crippen molar-refractivity contribution in [2.24, 2.45) is 0 Å². The number of amides is 2. The van der Waals surface area contributed by atoms with Gasteiger partial charge in [0, 0.05) is 5.56 Å². The van der Waals surface area contributed by atoms with Crippen LogP contribution < -0.4 is 9.21 Å². The molecule has 0 aromatic heterocycles. The zero-order valence-corrected chi connectivity index (χ0v) is 16.5. The van der Waals surface area contributed by atoms with Crippen molar-refractivity contribution in [3.8, 4) is 0 Å². The second-order valence-corrected chi connectivity index (χ2v) is 8.49. The Morgan fingerprint density at radius 3 is 2.17 bits per heavy atom. The minimum atomic E-state index is -4.10. The zero-order chi connectivity index (χ0) is 20.6. The minimum Gasteiger partial charge on any atom is -0.292 e. The standard InChI is InChI=1S/C22H18N2O4S/c1-16-11-13-18(14-12-16)24-22(26)23(15-20(25)17-7-3-2-4-8-17)19-9-5-6-10-21(19)29(24,27)28/h2-14H,15H2,1H3. The number of aryl methyl sites for hydroxylation is 1. The molecule has 0 bridgehead atoms. The van der Waals surface area contributed by atoms with Crippen LogP contribution >= 0.6 is 0 Å². The lowest BCUT2D eigenvalue weighted by Gasteiger charge is -2.35. The van der Waals surface area contributed by atoms with Crippen molar-refractivity contribution >= 4 is 33.2 Å². The highest BCUT2D eigenvalue weighted by atomic mass is 32.2. The molecule has 29 heavy (non-hydrogen) atoms. The Kier molecular flexibility index (Phi) is 4.68. The number of rotatable bonds is 4. The Labute approximate surface area is 169 Å². The fraction of sp³-hybridized carbons (Fsp3) is 0.0909. The monoisotopic (exact) mass is 406 g/mol. The molecule has 0 saturated heterocycles. The Morgan fingerprint density at radius 2 is 1.48 bits per heavy atom. The van der Waals surface area contributed by atoms with Crippen molar-refractivity contribution in [1.82, 2.24) is 0 Å². The molecule has 2 amide bonds. The molecular formula is C22H18N2O4S. The zero-order valence-electron chi connectivity index (χ0n) is 15.6. The van der Waals surface area contributed by atoms with Gasteiger partial charge < -0.3 is 0 Å². The van der Waals surface area contributed by atoms with Gasteiger partial charge in [-0.15, -0.1) is 0 Å². The van der Waals surface area contributed by atoms with E-state index in [1.807, 2.05) is 6.92 Å². The molecule has 7 heteroatoms. The molecule has 4 rings (SSSR count). The Morgan fingerprint density at radius 1 is 0.862 bits per heavy atom. The first-order chi connectivity index (χ1) is 13.9. The molecule has 0 saturated carbocycles. The lowest BCUT2D eigenvalue weighted by Crippen LogP contribution is -2.52. The van der Waals surface area contributed by atoms with Gasteiger partial charge in [-0.2, -0.15) is 4.31 Å². The molecule has 0 aliphatic carbocycles. The number of carbonyl (C=O) groups excluding carboxylic acids is 2. The first-order valence-corrected chi connectivity index (χ1v) is 10.4. The fourth-order valence-electron chi connectivity index (χ4n) is 3.25. The minimum absolute atomic E-state index is 0.0129. The second-order valence-electron chi connectivity index (χ2n) is 6.73. The Bertz CT molecular complexity index is 1190. The van der Waals surface area contributed by atoms with Crippen molar-refractivity contribution in [1.29, 1.82) is 0 Å². The van der Waals surface area contributed by atoms with Gasteiger partial charge in [-0.3, -0.25) is 9.69 Å². The van der Waals surface area contributed by atoms with Gasteiger partial charge in [0.2, 0.25) is 0 Å². The molecule has 0 radical (unpaired) electrons. The summed E-state index contributed by atoms with van der Waals surface area (Å²) in [6, 6.07) is 20.7. The van der Waals surface area contributed by atoms with E-state index in [0.717, 1.165) is 9.87 Å². The molecule has 1 aliphatic rings. The fourth-order valence-corrected chi connectivity index (χ4v) is 4.85. The van der Waals surface area contributed by atoms with Crippen LogP contribution in [0.3, 0.4) is 0 Å². The first kappa shape index (κ1) is 18.9. The van der Waals surface area contributed by atoms with Crippen LogP contribution in [0.1, 0.15) is 15.9 Å². The van der Waals surface area contributed by atoms with Crippen LogP contribution in [0, 0.1) is 6.92 Å². The highest BCUT2D eigenvalue weighted by molar-refractivity contribution is 7.94. The van der Waals surface area contributed by atoms with E-state index in [4.69, 9.17) is 0 Å². The third kappa shape index (κ3) is 3.30. The van der Waals surface area contributed by atoms with E-state index in [9.17, 15) is 18.0 Å². The lowest BCUT2D eigenvalue weighted by molar-refractivity contribution is 0.0999. The van der Waals surface area contributed by atoms with Crippen LogP contribution in [0.25, 0.3) is 0 Å². The maximum Gasteiger partial charge on any atom is 0.343 e. The summed E-state index contributed by atoms with van der Waals surface area (Å²) in [5.74, 6) is -0.281. The molecule has 1 aliphatic heterocycles. The van der Waals surface area contributed by atoms with Crippen LogP contribution in [-0.4, -0.2) is 26.8 Å². The summed E-state index contributed by atoms with van der Waals surface area (Å²) in [7, 11) is -4.10. The van der Waals surface area contributed by atoms with Gasteiger partial charge in [0.15, 0.2) is 5.78 Å². The van der Waals surface area contributed by atoms with Crippen molar-refractivity contribution in [3.63, 3.8) is 0 Å². The largest absolute Gasteiger partial charge is 0.343 e. The van der Waals surface area contributed by atoms with E-state index in [0.29, 0.717) is 5.56 Å². The summed E-state index contributed by atoms with van der Waals surface area (Å²) in [5.41, 5.74) is 1.82. The van der Waals surface area contributed by atoms with E-state index in [1.54, 1.807) is 66.7 Å². The summed E-state index contributed by atoms with van der Waals surface area (Å²) in [4.78, 5) is 27.2. The first-order valence-electron chi connectivity index (χ1n) is 9.00. The van der Waals surface area contributed by atoms with E-state index >= 15 is 0 Å². The molecule has 3 aromatic rings.